The maximum Gasteiger partial charge on any atom is 0.115 e. The molecular formula is C12H16BrNO2. The number of phenols is 1. The van der Waals surface area contributed by atoms with Crippen molar-refractivity contribution in [3.05, 3.63) is 28.2 Å². The first-order chi connectivity index (χ1) is 7.70. The summed E-state index contributed by atoms with van der Waals surface area (Å²) in [7, 11) is 0. The summed E-state index contributed by atoms with van der Waals surface area (Å²) in [5.74, 6) is 0.290. The van der Waals surface area contributed by atoms with Crippen molar-refractivity contribution >= 4 is 15.9 Å². The molecule has 0 aromatic heterocycles. The third kappa shape index (κ3) is 2.56. The lowest BCUT2D eigenvalue weighted by Gasteiger charge is -2.23. The van der Waals surface area contributed by atoms with Gasteiger partial charge in [0.05, 0.1) is 6.61 Å². The van der Waals surface area contributed by atoms with Crippen molar-refractivity contribution in [1.82, 2.24) is 4.90 Å². The summed E-state index contributed by atoms with van der Waals surface area (Å²) in [6.07, 6.45) is 2.20. The molecule has 0 bridgehead atoms. The van der Waals surface area contributed by atoms with Crippen molar-refractivity contribution in [3.8, 4) is 5.75 Å². The van der Waals surface area contributed by atoms with E-state index in [2.05, 4.69) is 20.8 Å². The number of benzene rings is 1. The zero-order chi connectivity index (χ0) is 11.5. The molecule has 1 aliphatic heterocycles. The number of phenolic OH excluding ortho intramolecular Hbond substituents is 1. The zero-order valence-electron chi connectivity index (χ0n) is 9.06. The van der Waals surface area contributed by atoms with Crippen molar-refractivity contribution in [2.45, 2.75) is 25.4 Å². The van der Waals surface area contributed by atoms with Crippen molar-refractivity contribution in [3.63, 3.8) is 0 Å². The van der Waals surface area contributed by atoms with Crippen LogP contribution in [0.1, 0.15) is 18.4 Å². The molecule has 2 N–H and O–H groups in total. The summed E-state index contributed by atoms with van der Waals surface area (Å²) in [4.78, 5) is 2.26. The molecule has 1 aliphatic rings. The fourth-order valence-electron chi connectivity index (χ4n) is 2.21. The quantitative estimate of drug-likeness (QED) is 0.894. The molecule has 1 unspecified atom stereocenters. The summed E-state index contributed by atoms with van der Waals surface area (Å²) in [6.45, 7) is 2.02. The highest BCUT2D eigenvalue weighted by Crippen LogP contribution is 2.26. The Morgan fingerprint density at radius 3 is 3.00 bits per heavy atom. The maximum atomic E-state index is 9.45. The molecule has 2 rings (SSSR count). The van der Waals surface area contributed by atoms with Crippen LogP contribution in [-0.2, 0) is 6.54 Å². The monoisotopic (exact) mass is 285 g/mol. The van der Waals surface area contributed by atoms with Crippen LogP contribution in [0.5, 0.6) is 5.75 Å². The minimum absolute atomic E-state index is 0.219. The lowest BCUT2D eigenvalue weighted by atomic mass is 10.2. The number of aromatic hydroxyl groups is 1. The predicted octanol–water partition coefficient (Wildman–Crippen LogP) is 2.11. The van der Waals surface area contributed by atoms with E-state index in [0.29, 0.717) is 0 Å². The van der Waals surface area contributed by atoms with E-state index in [4.69, 9.17) is 0 Å². The lowest BCUT2D eigenvalue weighted by Crippen LogP contribution is -2.31. The van der Waals surface area contributed by atoms with Gasteiger partial charge in [-0.3, -0.25) is 4.90 Å². The number of aliphatic hydroxyl groups excluding tert-OH is 1. The van der Waals surface area contributed by atoms with Gasteiger partial charge in [0, 0.05) is 17.1 Å². The molecule has 1 fully saturated rings. The zero-order valence-corrected chi connectivity index (χ0v) is 10.7. The van der Waals surface area contributed by atoms with Gasteiger partial charge in [-0.05, 0) is 43.1 Å². The van der Waals surface area contributed by atoms with Gasteiger partial charge in [0.15, 0.2) is 0 Å². The van der Waals surface area contributed by atoms with Crippen LogP contribution < -0.4 is 0 Å². The molecule has 4 heteroatoms. The molecule has 0 saturated carbocycles. The van der Waals surface area contributed by atoms with E-state index in [1.165, 1.54) is 0 Å². The van der Waals surface area contributed by atoms with Gasteiger partial charge in [-0.2, -0.15) is 0 Å². The number of rotatable bonds is 3. The Labute approximate surface area is 104 Å². The Morgan fingerprint density at radius 2 is 2.25 bits per heavy atom. The number of hydrogen-bond acceptors (Lipinski definition) is 3. The smallest absolute Gasteiger partial charge is 0.115 e. The second kappa shape index (κ2) is 5.17. The number of hydrogen-bond donors (Lipinski definition) is 2. The van der Waals surface area contributed by atoms with Gasteiger partial charge in [-0.25, -0.2) is 0 Å². The average Bonchev–Trinajstić information content (AvgIpc) is 2.71. The Kier molecular flexibility index (Phi) is 3.84. The van der Waals surface area contributed by atoms with Gasteiger partial charge >= 0.3 is 0 Å². The van der Waals surface area contributed by atoms with Crippen molar-refractivity contribution < 1.29 is 10.2 Å². The van der Waals surface area contributed by atoms with Crippen LogP contribution in [0.2, 0.25) is 0 Å². The first-order valence-corrected chi connectivity index (χ1v) is 6.32. The standard InChI is InChI=1S/C12H16BrNO2/c13-12-4-3-11(16)6-9(12)7-14-5-1-2-10(14)8-15/h3-4,6,10,15-16H,1-2,5,7-8H2. The highest BCUT2D eigenvalue weighted by molar-refractivity contribution is 9.10. The van der Waals surface area contributed by atoms with Gasteiger partial charge in [-0.15, -0.1) is 0 Å². The minimum Gasteiger partial charge on any atom is -0.508 e. The summed E-state index contributed by atoms with van der Waals surface area (Å²) >= 11 is 3.48. The van der Waals surface area contributed by atoms with Crippen molar-refractivity contribution in [2.75, 3.05) is 13.2 Å². The molecule has 16 heavy (non-hydrogen) atoms. The number of likely N-dealkylation sites (tertiary alicyclic amines) is 1. The highest BCUT2D eigenvalue weighted by Gasteiger charge is 2.24. The Morgan fingerprint density at radius 1 is 1.44 bits per heavy atom. The topological polar surface area (TPSA) is 43.7 Å². The number of halogens is 1. The van der Waals surface area contributed by atoms with Crippen molar-refractivity contribution in [2.24, 2.45) is 0 Å². The summed E-state index contributed by atoms with van der Waals surface area (Å²) < 4.78 is 1.01. The maximum absolute atomic E-state index is 9.45. The predicted molar refractivity (Wildman–Crippen MR) is 66.3 cm³/mol. The van der Waals surface area contributed by atoms with Crippen LogP contribution in [-0.4, -0.2) is 34.3 Å². The molecule has 88 valence electrons. The molecule has 1 aromatic rings. The Hall–Kier alpha value is -0.580. The highest BCUT2D eigenvalue weighted by atomic mass is 79.9. The van der Waals surface area contributed by atoms with Crippen LogP contribution >= 0.6 is 15.9 Å². The molecule has 1 atom stereocenters. The summed E-state index contributed by atoms with van der Waals surface area (Å²) in [6, 6.07) is 5.57. The van der Waals surface area contributed by atoms with E-state index < -0.39 is 0 Å². The normalized spacial score (nSPS) is 21.5. The fourth-order valence-corrected chi connectivity index (χ4v) is 2.58. The number of aliphatic hydroxyl groups is 1. The minimum atomic E-state index is 0.219. The fraction of sp³-hybridized carbons (Fsp3) is 0.500. The third-order valence-electron chi connectivity index (χ3n) is 3.11. The molecular weight excluding hydrogens is 270 g/mol. The van der Waals surface area contributed by atoms with Gasteiger partial charge in [-0.1, -0.05) is 15.9 Å². The second-order valence-corrected chi connectivity index (χ2v) is 5.08. The lowest BCUT2D eigenvalue weighted by molar-refractivity contribution is 0.153. The third-order valence-corrected chi connectivity index (χ3v) is 3.89. The molecule has 0 amide bonds. The van der Waals surface area contributed by atoms with E-state index in [-0.39, 0.29) is 18.4 Å². The second-order valence-electron chi connectivity index (χ2n) is 4.22. The summed E-state index contributed by atoms with van der Waals surface area (Å²) in [5, 5.41) is 18.7. The molecule has 1 aromatic carbocycles. The van der Waals surface area contributed by atoms with Crippen LogP contribution in [0.4, 0.5) is 0 Å². The molecule has 0 radical (unpaired) electrons. The Balaban J connectivity index is 2.11. The van der Waals surface area contributed by atoms with Gasteiger partial charge < -0.3 is 10.2 Å². The van der Waals surface area contributed by atoms with E-state index in [1.54, 1.807) is 12.1 Å². The first kappa shape index (κ1) is 11.9. The largest absolute Gasteiger partial charge is 0.508 e. The molecule has 3 nitrogen and oxygen atoms in total. The van der Waals surface area contributed by atoms with Crippen LogP contribution in [0, 0.1) is 0 Å². The van der Waals surface area contributed by atoms with Gasteiger partial charge in [0.2, 0.25) is 0 Å². The van der Waals surface area contributed by atoms with Crippen LogP contribution in [0.15, 0.2) is 22.7 Å². The van der Waals surface area contributed by atoms with Gasteiger partial charge in [0.25, 0.3) is 0 Å². The Bertz CT molecular complexity index is 370. The molecule has 1 heterocycles. The SMILES string of the molecule is OCC1CCCN1Cc1cc(O)ccc1Br. The first-order valence-electron chi connectivity index (χ1n) is 5.53. The number of nitrogens with zero attached hydrogens (tertiary/aromatic N) is 1. The summed E-state index contributed by atoms with van der Waals surface area (Å²) in [5.41, 5.74) is 1.07. The molecule has 1 saturated heterocycles. The van der Waals surface area contributed by atoms with Crippen LogP contribution in [0.3, 0.4) is 0 Å². The molecule has 0 aliphatic carbocycles. The van der Waals surface area contributed by atoms with E-state index >= 15 is 0 Å². The van der Waals surface area contributed by atoms with Crippen molar-refractivity contribution in [1.29, 1.82) is 0 Å². The van der Waals surface area contributed by atoms with E-state index in [9.17, 15) is 10.2 Å². The van der Waals surface area contributed by atoms with Gasteiger partial charge in [0.1, 0.15) is 5.75 Å². The average molecular weight is 286 g/mol. The van der Waals surface area contributed by atoms with E-state index in [0.717, 1.165) is 36.0 Å². The molecule has 0 spiro atoms. The van der Waals surface area contributed by atoms with Crippen LogP contribution in [0.25, 0.3) is 0 Å². The van der Waals surface area contributed by atoms with E-state index in [1.807, 2.05) is 6.07 Å².